The number of hydrogen-bond donors (Lipinski definition) is 1. The fourth-order valence-corrected chi connectivity index (χ4v) is 3.03. The van der Waals surface area contributed by atoms with E-state index in [9.17, 15) is 9.35 Å². The first-order valence-electron chi connectivity index (χ1n) is 6.39. The summed E-state index contributed by atoms with van der Waals surface area (Å²) in [7, 11) is -2.03. The number of aromatic nitrogens is 1. The van der Waals surface area contributed by atoms with E-state index in [-0.39, 0.29) is 0 Å². The van der Waals surface area contributed by atoms with Crippen LogP contribution in [0.15, 0.2) is 35.4 Å². The topological polar surface area (TPSA) is 51.5 Å². The van der Waals surface area contributed by atoms with E-state index in [0.717, 1.165) is 10.9 Å². The lowest BCUT2D eigenvalue weighted by Crippen LogP contribution is -2.28. The standard InChI is InChI=1S/C15H21NO3S/c1-15(2,3)19-14(17)16-12-9-7-6-8-11(12)10-13(16)20(4,5)18/h6-10,18H,1-5H3. The first-order valence-corrected chi connectivity index (χ1v) is 8.80. The van der Waals surface area contributed by atoms with Gasteiger partial charge >= 0.3 is 6.09 Å². The number of benzene rings is 1. The minimum absolute atomic E-state index is 0.455. The Balaban J connectivity index is 2.63. The van der Waals surface area contributed by atoms with E-state index in [2.05, 4.69) is 0 Å². The van der Waals surface area contributed by atoms with E-state index in [4.69, 9.17) is 4.74 Å². The van der Waals surface area contributed by atoms with Crippen LogP contribution < -0.4 is 0 Å². The Morgan fingerprint density at radius 3 is 2.40 bits per heavy atom. The minimum Gasteiger partial charge on any atom is -0.443 e. The third-order valence-corrected chi connectivity index (χ3v) is 4.09. The molecule has 1 N–H and O–H groups in total. The van der Waals surface area contributed by atoms with E-state index < -0.39 is 22.0 Å². The number of ether oxygens (including phenoxy) is 1. The number of rotatable bonds is 1. The number of carbonyl (C=O) groups is 1. The lowest BCUT2D eigenvalue weighted by molar-refractivity contribution is 0.0530. The highest BCUT2D eigenvalue weighted by Gasteiger charge is 2.26. The number of nitrogens with zero attached hydrogens (tertiary/aromatic N) is 1. The van der Waals surface area contributed by atoms with Crippen LogP contribution >= 0.6 is 10.3 Å². The Kier molecular flexibility index (Phi) is 3.60. The highest BCUT2D eigenvalue weighted by Crippen LogP contribution is 2.47. The summed E-state index contributed by atoms with van der Waals surface area (Å²) in [6.07, 6.45) is 3.02. The molecule has 0 aliphatic rings. The number of fused-ring (bicyclic) bond motifs is 1. The molecule has 2 rings (SSSR count). The third-order valence-electron chi connectivity index (χ3n) is 2.76. The second-order valence-electron chi connectivity index (χ2n) is 6.13. The predicted molar refractivity (Wildman–Crippen MR) is 83.9 cm³/mol. The van der Waals surface area contributed by atoms with Crippen LogP contribution in [0.25, 0.3) is 10.9 Å². The van der Waals surface area contributed by atoms with Gasteiger partial charge in [-0.2, -0.15) is 0 Å². The van der Waals surface area contributed by atoms with Crippen LogP contribution in [0.5, 0.6) is 0 Å². The lowest BCUT2D eigenvalue weighted by atomic mass is 10.2. The molecule has 0 saturated carbocycles. The predicted octanol–water partition coefficient (Wildman–Crippen LogP) is 4.32. The maximum atomic E-state index is 12.4. The van der Waals surface area contributed by atoms with Crippen LogP contribution in [-0.4, -0.2) is 33.3 Å². The minimum atomic E-state index is -2.03. The summed E-state index contributed by atoms with van der Waals surface area (Å²) >= 11 is 0. The average molecular weight is 295 g/mol. The van der Waals surface area contributed by atoms with Gasteiger partial charge < -0.3 is 9.29 Å². The lowest BCUT2D eigenvalue weighted by Gasteiger charge is -2.26. The van der Waals surface area contributed by atoms with Crippen molar-refractivity contribution in [2.75, 3.05) is 12.5 Å². The summed E-state index contributed by atoms with van der Waals surface area (Å²) in [5.41, 5.74) is 0.181. The van der Waals surface area contributed by atoms with Crippen molar-refractivity contribution in [3.8, 4) is 0 Å². The van der Waals surface area contributed by atoms with Gasteiger partial charge in [0.2, 0.25) is 0 Å². The maximum absolute atomic E-state index is 12.4. The first-order chi connectivity index (χ1) is 9.09. The summed E-state index contributed by atoms with van der Waals surface area (Å²) in [5.74, 6) is 0. The van der Waals surface area contributed by atoms with Gasteiger partial charge in [0.15, 0.2) is 0 Å². The molecule has 2 aromatic rings. The Bertz CT molecular complexity index is 647. The number of hydrogen-bond acceptors (Lipinski definition) is 3. The smallest absolute Gasteiger partial charge is 0.419 e. The molecule has 0 aliphatic heterocycles. The molecule has 0 radical (unpaired) electrons. The molecule has 1 aromatic heterocycles. The molecule has 0 atom stereocenters. The van der Waals surface area contributed by atoms with Gasteiger partial charge in [-0.3, -0.25) is 0 Å². The molecule has 5 heteroatoms. The van der Waals surface area contributed by atoms with E-state index in [0.29, 0.717) is 5.03 Å². The van der Waals surface area contributed by atoms with Crippen molar-refractivity contribution in [1.29, 1.82) is 0 Å². The van der Waals surface area contributed by atoms with Crippen LogP contribution in [-0.2, 0) is 4.74 Å². The molecule has 0 unspecified atom stereocenters. The van der Waals surface area contributed by atoms with Crippen LogP contribution in [0.1, 0.15) is 20.8 Å². The molecule has 20 heavy (non-hydrogen) atoms. The Hall–Kier alpha value is -1.46. The van der Waals surface area contributed by atoms with Gasteiger partial charge in [-0.05, 0) is 45.4 Å². The molecular formula is C15H21NO3S. The van der Waals surface area contributed by atoms with E-state index in [1.807, 2.05) is 51.1 Å². The van der Waals surface area contributed by atoms with Crippen LogP contribution in [0.3, 0.4) is 0 Å². The van der Waals surface area contributed by atoms with E-state index >= 15 is 0 Å². The van der Waals surface area contributed by atoms with Gasteiger partial charge in [0.1, 0.15) is 5.60 Å². The zero-order valence-corrected chi connectivity index (χ0v) is 13.3. The van der Waals surface area contributed by atoms with Crippen LogP contribution in [0.2, 0.25) is 0 Å². The molecule has 110 valence electrons. The zero-order chi connectivity index (χ0) is 15.1. The molecule has 4 nitrogen and oxygen atoms in total. The SMILES string of the molecule is CC(C)(C)OC(=O)n1c(S(C)(C)O)cc2ccccc21. The Labute approximate surface area is 120 Å². The second-order valence-corrected chi connectivity index (χ2v) is 9.09. The molecule has 0 fully saturated rings. The van der Waals surface area contributed by atoms with E-state index in [1.54, 1.807) is 12.5 Å². The molecule has 0 aliphatic carbocycles. The normalized spacial score (nSPS) is 13.5. The van der Waals surface area contributed by atoms with Crippen LogP contribution in [0.4, 0.5) is 4.79 Å². The van der Waals surface area contributed by atoms with Crippen molar-refractivity contribution in [3.63, 3.8) is 0 Å². The highest BCUT2D eigenvalue weighted by molar-refractivity contribution is 8.28. The van der Waals surface area contributed by atoms with E-state index in [1.165, 1.54) is 4.57 Å². The Morgan fingerprint density at radius 1 is 1.25 bits per heavy atom. The highest BCUT2D eigenvalue weighted by atomic mass is 32.3. The molecule has 1 aromatic carbocycles. The molecule has 0 saturated heterocycles. The second kappa shape index (κ2) is 4.82. The average Bonchev–Trinajstić information content (AvgIpc) is 2.65. The third kappa shape index (κ3) is 2.99. The van der Waals surface area contributed by atoms with Crippen molar-refractivity contribution in [2.45, 2.75) is 31.4 Å². The molecular weight excluding hydrogens is 274 g/mol. The monoisotopic (exact) mass is 295 g/mol. The van der Waals surface area contributed by atoms with Crippen molar-refractivity contribution < 1.29 is 14.1 Å². The van der Waals surface area contributed by atoms with Gasteiger partial charge in [0, 0.05) is 5.39 Å². The summed E-state index contributed by atoms with van der Waals surface area (Å²) in [5, 5.41) is 1.52. The van der Waals surface area contributed by atoms with Crippen molar-refractivity contribution in [2.24, 2.45) is 0 Å². The molecule has 0 spiro atoms. The summed E-state index contributed by atoms with van der Waals surface area (Å²) in [4.78, 5) is 12.4. The molecule has 0 bridgehead atoms. The molecule has 1 heterocycles. The first kappa shape index (κ1) is 14.9. The zero-order valence-electron chi connectivity index (χ0n) is 12.5. The summed E-state index contributed by atoms with van der Waals surface area (Å²) in [6.45, 7) is 5.48. The fourth-order valence-electron chi connectivity index (χ4n) is 1.99. The Morgan fingerprint density at radius 2 is 1.85 bits per heavy atom. The fraction of sp³-hybridized carbons (Fsp3) is 0.400. The summed E-state index contributed by atoms with van der Waals surface area (Å²) < 4.78 is 17.3. The van der Waals surface area contributed by atoms with Gasteiger partial charge in [0.25, 0.3) is 0 Å². The summed E-state index contributed by atoms with van der Waals surface area (Å²) in [6, 6.07) is 9.41. The van der Waals surface area contributed by atoms with Gasteiger partial charge in [-0.15, -0.1) is 10.3 Å². The maximum Gasteiger partial charge on any atom is 0.419 e. The largest absolute Gasteiger partial charge is 0.443 e. The van der Waals surface area contributed by atoms with Gasteiger partial charge in [-0.1, -0.05) is 18.2 Å². The van der Waals surface area contributed by atoms with Gasteiger partial charge in [0.05, 0.1) is 10.5 Å². The van der Waals surface area contributed by atoms with Crippen molar-refractivity contribution >= 4 is 27.3 Å². The molecule has 0 amide bonds. The van der Waals surface area contributed by atoms with Crippen molar-refractivity contribution in [1.82, 2.24) is 4.57 Å². The van der Waals surface area contributed by atoms with Gasteiger partial charge in [-0.25, -0.2) is 9.36 Å². The van der Waals surface area contributed by atoms with Crippen LogP contribution in [0, 0.1) is 0 Å². The number of para-hydroxylation sites is 1. The quantitative estimate of drug-likeness (QED) is 0.852. The number of carbonyl (C=O) groups excluding carboxylic acids is 1. The van der Waals surface area contributed by atoms with Crippen molar-refractivity contribution in [3.05, 3.63) is 30.3 Å².